The normalized spacial score (nSPS) is 17.4. The Morgan fingerprint density at radius 2 is 1.80 bits per heavy atom. The number of carbonyl (C=O) groups is 2. The molecular weight excluding hydrogens is 393 g/mol. The molecule has 8 nitrogen and oxygen atoms in total. The number of hydrogen-bond donors (Lipinski definition) is 2. The van der Waals surface area contributed by atoms with Gasteiger partial charge in [0.25, 0.3) is 0 Å². The molecule has 4 rings (SSSR count). The number of pyridine rings is 1. The van der Waals surface area contributed by atoms with Crippen LogP contribution in [0.2, 0.25) is 0 Å². The van der Waals surface area contributed by atoms with Crippen molar-refractivity contribution < 1.29 is 24.2 Å². The molecule has 2 N–H and O–H groups in total. The van der Waals surface area contributed by atoms with Gasteiger partial charge < -0.3 is 19.7 Å². The fourth-order valence-electron chi connectivity index (χ4n) is 4.07. The third-order valence-electron chi connectivity index (χ3n) is 5.85. The molecule has 1 aliphatic heterocycles. The van der Waals surface area contributed by atoms with Crippen molar-refractivity contribution in [3.8, 4) is 0 Å². The molecule has 1 aliphatic carbocycles. The van der Waals surface area contributed by atoms with E-state index < -0.39 is 23.2 Å². The molecule has 160 valence electrons. The van der Waals surface area contributed by atoms with Crippen LogP contribution in [-0.4, -0.2) is 64.3 Å². The van der Waals surface area contributed by atoms with Crippen molar-refractivity contribution in [2.24, 2.45) is 0 Å². The summed E-state index contributed by atoms with van der Waals surface area (Å²) in [4.78, 5) is 38.8. The Hall–Kier alpha value is -2.94. The van der Waals surface area contributed by atoms with Crippen molar-refractivity contribution >= 4 is 28.5 Å². The highest BCUT2D eigenvalue weighted by Gasteiger charge is 2.28. The van der Waals surface area contributed by atoms with Gasteiger partial charge in [-0.3, -0.25) is 14.5 Å². The van der Waals surface area contributed by atoms with Crippen LogP contribution in [0, 0.1) is 5.82 Å². The van der Waals surface area contributed by atoms with Crippen LogP contribution in [0.4, 0.5) is 10.1 Å². The van der Waals surface area contributed by atoms with E-state index in [1.54, 1.807) is 10.6 Å². The molecule has 9 heteroatoms. The maximum absolute atomic E-state index is 14.9. The van der Waals surface area contributed by atoms with Crippen molar-refractivity contribution in [3.63, 3.8) is 0 Å². The Balaban J connectivity index is 1.60. The molecule has 0 unspecified atom stereocenters. The molecule has 1 aromatic carbocycles. The van der Waals surface area contributed by atoms with E-state index in [0.29, 0.717) is 50.3 Å². The summed E-state index contributed by atoms with van der Waals surface area (Å²) in [5, 5.41) is 18.2. The highest BCUT2D eigenvalue weighted by atomic mass is 19.1. The number of fused-ring (bicyclic) bond motifs is 1. The number of aromatic carboxylic acids is 1. The molecule has 2 aliphatic rings. The van der Waals surface area contributed by atoms with E-state index in [1.165, 1.54) is 6.20 Å². The molecule has 1 aromatic heterocycles. The molecule has 1 saturated heterocycles. The smallest absolute Gasteiger partial charge is 0.341 e. The number of rotatable bonds is 7. The van der Waals surface area contributed by atoms with Crippen LogP contribution in [0.3, 0.4) is 0 Å². The van der Waals surface area contributed by atoms with Crippen molar-refractivity contribution in [3.05, 3.63) is 39.9 Å². The fourth-order valence-corrected chi connectivity index (χ4v) is 4.07. The summed E-state index contributed by atoms with van der Waals surface area (Å²) in [5.74, 6) is -2.65. The largest absolute Gasteiger partial charge is 0.481 e. The van der Waals surface area contributed by atoms with E-state index in [0.717, 1.165) is 18.9 Å². The number of nitrogens with zero attached hydrogens (tertiary/aromatic N) is 3. The number of hydrogen-bond acceptors (Lipinski definition) is 5. The topological polar surface area (TPSA) is 103 Å². The Morgan fingerprint density at radius 1 is 1.10 bits per heavy atom. The monoisotopic (exact) mass is 417 g/mol. The molecular formula is C21H24FN3O5. The Morgan fingerprint density at radius 3 is 2.40 bits per heavy atom. The minimum atomic E-state index is -1.31. The summed E-state index contributed by atoms with van der Waals surface area (Å²) >= 11 is 0. The van der Waals surface area contributed by atoms with Gasteiger partial charge in [0.1, 0.15) is 11.4 Å². The number of aliphatic carboxylic acids is 1. The highest BCUT2D eigenvalue weighted by molar-refractivity contribution is 5.93. The van der Waals surface area contributed by atoms with Crippen LogP contribution in [0.1, 0.15) is 42.1 Å². The van der Waals surface area contributed by atoms with E-state index in [1.807, 2.05) is 4.90 Å². The Bertz CT molecular complexity index is 1050. The summed E-state index contributed by atoms with van der Waals surface area (Å²) in [6.45, 7) is 3.28. The molecule has 1 saturated carbocycles. The van der Waals surface area contributed by atoms with Gasteiger partial charge in [-0.05, 0) is 37.9 Å². The van der Waals surface area contributed by atoms with E-state index in [9.17, 15) is 23.9 Å². The number of aromatic nitrogens is 1. The quantitative estimate of drug-likeness (QED) is 0.712. The zero-order chi connectivity index (χ0) is 21.4. The van der Waals surface area contributed by atoms with Crippen molar-refractivity contribution in [1.82, 2.24) is 9.47 Å². The van der Waals surface area contributed by atoms with Crippen LogP contribution in [-0.2, 0) is 4.79 Å². The van der Waals surface area contributed by atoms with Gasteiger partial charge in [0.2, 0.25) is 5.43 Å². The van der Waals surface area contributed by atoms with Crippen LogP contribution in [0.5, 0.6) is 0 Å². The minimum Gasteiger partial charge on any atom is -0.481 e. The first kappa shape index (κ1) is 20.3. The van der Waals surface area contributed by atoms with E-state index >= 15 is 0 Å². The van der Waals surface area contributed by atoms with Crippen LogP contribution < -0.4 is 10.3 Å². The molecule has 0 amide bonds. The summed E-state index contributed by atoms with van der Waals surface area (Å²) in [6.07, 6.45) is 3.90. The number of anilines is 1. The predicted molar refractivity (Wildman–Crippen MR) is 109 cm³/mol. The van der Waals surface area contributed by atoms with Crippen molar-refractivity contribution in [1.29, 1.82) is 0 Å². The number of halogens is 1. The predicted octanol–water partition coefficient (Wildman–Crippen LogP) is 2.16. The first-order valence-corrected chi connectivity index (χ1v) is 10.2. The van der Waals surface area contributed by atoms with E-state index in [2.05, 4.69) is 4.90 Å². The SMILES string of the molecule is O=C(O)CCCN1CCN(c2cc3c(cc2F)c(=O)c(C(=O)O)cn3C2CC2)CC1. The van der Waals surface area contributed by atoms with Gasteiger partial charge in [-0.2, -0.15) is 0 Å². The number of piperazine rings is 1. The lowest BCUT2D eigenvalue weighted by Gasteiger charge is -2.36. The summed E-state index contributed by atoms with van der Waals surface area (Å²) in [5.41, 5.74) is -0.0306. The lowest BCUT2D eigenvalue weighted by atomic mass is 10.1. The maximum atomic E-state index is 14.9. The molecule has 2 aromatic rings. The van der Waals surface area contributed by atoms with Crippen LogP contribution in [0.25, 0.3) is 10.9 Å². The van der Waals surface area contributed by atoms with Crippen molar-refractivity contribution in [2.75, 3.05) is 37.6 Å². The van der Waals surface area contributed by atoms with Gasteiger partial charge in [0.15, 0.2) is 0 Å². The molecule has 0 radical (unpaired) electrons. The van der Waals surface area contributed by atoms with E-state index in [4.69, 9.17) is 5.11 Å². The van der Waals surface area contributed by atoms with E-state index in [-0.39, 0.29) is 23.4 Å². The average Bonchev–Trinajstić information content (AvgIpc) is 3.53. The second-order valence-corrected chi connectivity index (χ2v) is 7.96. The number of carboxylic acids is 2. The molecule has 0 bridgehead atoms. The van der Waals surface area contributed by atoms with Gasteiger partial charge >= 0.3 is 11.9 Å². The fraction of sp³-hybridized carbons (Fsp3) is 0.476. The second kappa shape index (κ2) is 8.06. The molecule has 2 fully saturated rings. The average molecular weight is 417 g/mol. The van der Waals surface area contributed by atoms with Gasteiger partial charge in [0.05, 0.1) is 11.2 Å². The first-order valence-electron chi connectivity index (χ1n) is 10.2. The number of benzene rings is 1. The lowest BCUT2D eigenvalue weighted by molar-refractivity contribution is -0.137. The number of carboxylic acid groups (broad SMARTS) is 2. The Labute approximate surface area is 172 Å². The summed E-state index contributed by atoms with van der Waals surface area (Å²) in [6, 6.07) is 2.96. The van der Waals surface area contributed by atoms with Gasteiger partial charge in [-0.15, -0.1) is 0 Å². The molecule has 2 heterocycles. The third-order valence-corrected chi connectivity index (χ3v) is 5.85. The first-order chi connectivity index (χ1) is 14.3. The molecule has 0 spiro atoms. The lowest BCUT2D eigenvalue weighted by Crippen LogP contribution is -2.47. The van der Waals surface area contributed by atoms with Crippen molar-refractivity contribution in [2.45, 2.75) is 31.7 Å². The van der Waals surface area contributed by atoms with Crippen LogP contribution in [0.15, 0.2) is 23.1 Å². The zero-order valence-corrected chi connectivity index (χ0v) is 16.5. The van der Waals surface area contributed by atoms with Gasteiger partial charge in [-0.1, -0.05) is 0 Å². The standard InChI is InChI=1S/C21H24FN3O5/c22-16-10-14-17(25(13-3-4-13)12-15(20(14)28)21(29)30)11-18(16)24-8-6-23(7-9-24)5-1-2-19(26)27/h10-13H,1-9H2,(H,26,27)(H,29,30). The third kappa shape index (κ3) is 4.02. The molecule has 0 atom stereocenters. The van der Waals surface area contributed by atoms with Crippen LogP contribution >= 0.6 is 0 Å². The van der Waals surface area contributed by atoms with Gasteiger partial charge in [0, 0.05) is 50.2 Å². The maximum Gasteiger partial charge on any atom is 0.341 e. The zero-order valence-electron chi connectivity index (χ0n) is 16.5. The highest BCUT2D eigenvalue weighted by Crippen LogP contribution is 2.38. The Kier molecular flexibility index (Phi) is 5.46. The summed E-state index contributed by atoms with van der Waals surface area (Å²) < 4.78 is 16.7. The second-order valence-electron chi connectivity index (χ2n) is 7.96. The van der Waals surface area contributed by atoms with Gasteiger partial charge in [-0.25, -0.2) is 9.18 Å². The molecule has 30 heavy (non-hydrogen) atoms. The summed E-state index contributed by atoms with van der Waals surface area (Å²) in [7, 11) is 0. The minimum absolute atomic E-state index is 0.0929.